The van der Waals surface area contributed by atoms with Gasteiger partial charge in [0.05, 0.1) is 18.3 Å². The molecule has 2 aromatic rings. The molecular weight excluding hydrogens is 164 g/mol. The molecule has 3 heteroatoms. The van der Waals surface area contributed by atoms with Crippen molar-refractivity contribution in [2.45, 2.75) is 13.5 Å². The molecule has 68 valence electrons. The second-order valence-electron chi connectivity index (χ2n) is 3.13. The van der Waals surface area contributed by atoms with Crippen LogP contribution in [-0.2, 0) is 11.3 Å². The first-order valence-corrected chi connectivity index (χ1v) is 4.23. The van der Waals surface area contributed by atoms with E-state index in [1.807, 2.05) is 16.9 Å². The smallest absolute Gasteiger partial charge is 0.0728 e. The Morgan fingerprint density at radius 2 is 2.31 bits per heavy atom. The zero-order chi connectivity index (χ0) is 9.26. The number of pyridine rings is 1. The Kier molecular flexibility index (Phi) is 2.02. The Morgan fingerprint density at radius 1 is 1.46 bits per heavy atom. The average molecular weight is 176 g/mol. The number of aromatic nitrogens is 2. The number of ether oxygens (including phenoxy) is 1. The molecule has 2 aromatic heterocycles. The first-order chi connectivity index (χ1) is 6.31. The molecule has 0 radical (unpaired) electrons. The predicted octanol–water partition coefficient (Wildman–Crippen LogP) is 1.79. The maximum absolute atomic E-state index is 5.04. The van der Waals surface area contributed by atoms with Crippen LogP contribution in [0, 0.1) is 6.92 Å². The van der Waals surface area contributed by atoms with Crippen LogP contribution < -0.4 is 0 Å². The van der Waals surface area contributed by atoms with Crippen molar-refractivity contribution in [1.82, 2.24) is 9.61 Å². The lowest BCUT2D eigenvalue weighted by atomic mass is 10.2. The number of nitrogens with zero attached hydrogens (tertiary/aromatic N) is 2. The van der Waals surface area contributed by atoms with Crippen LogP contribution in [0.1, 0.15) is 11.1 Å². The summed E-state index contributed by atoms with van der Waals surface area (Å²) < 4.78 is 6.92. The summed E-state index contributed by atoms with van der Waals surface area (Å²) >= 11 is 0. The van der Waals surface area contributed by atoms with Crippen molar-refractivity contribution in [3.05, 3.63) is 35.7 Å². The minimum atomic E-state index is 0.634. The van der Waals surface area contributed by atoms with Gasteiger partial charge in [-0.2, -0.15) is 5.10 Å². The molecule has 2 heterocycles. The van der Waals surface area contributed by atoms with Gasteiger partial charge in [0.25, 0.3) is 0 Å². The van der Waals surface area contributed by atoms with E-state index in [9.17, 15) is 0 Å². The van der Waals surface area contributed by atoms with E-state index >= 15 is 0 Å². The topological polar surface area (TPSA) is 26.5 Å². The molecule has 0 N–H and O–H groups in total. The molecule has 2 rings (SSSR count). The van der Waals surface area contributed by atoms with Crippen LogP contribution in [0.2, 0.25) is 0 Å². The molecule has 0 saturated heterocycles. The monoisotopic (exact) mass is 176 g/mol. The molecule has 0 atom stereocenters. The molecule has 0 saturated carbocycles. The highest BCUT2D eigenvalue weighted by Crippen LogP contribution is 2.10. The lowest BCUT2D eigenvalue weighted by Gasteiger charge is -2.00. The van der Waals surface area contributed by atoms with Crippen molar-refractivity contribution >= 4 is 5.52 Å². The Bertz CT molecular complexity index is 420. The predicted molar refractivity (Wildman–Crippen MR) is 50.6 cm³/mol. The van der Waals surface area contributed by atoms with Gasteiger partial charge in [-0.1, -0.05) is 6.07 Å². The highest BCUT2D eigenvalue weighted by molar-refractivity contribution is 5.53. The van der Waals surface area contributed by atoms with Gasteiger partial charge in [0, 0.05) is 13.3 Å². The van der Waals surface area contributed by atoms with Gasteiger partial charge >= 0.3 is 0 Å². The molecular formula is C10H12N2O. The zero-order valence-corrected chi connectivity index (χ0v) is 7.82. The van der Waals surface area contributed by atoms with Crippen LogP contribution in [0.4, 0.5) is 0 Å². The standard InChI is InChI=1S/C10H12N2O/c1-8-5-11-12-6-9(7-13-2)3-4-10(8)12/h3-6H,7H2,1-2H3. The van der Waals surface area contributed by atoms with Crippen LogP contribution in [0.5, 0.6) is 0 Å². The maximum Gasteiger partial charge on any atom is 0.0728 e. The van der Waals surface area contributed by atoms with Gasteiger partial charge in [0.15, 0.2) is 0 Å². The van der Waals surface area contributed by atoms with E-state index in [2.05, 4.69) is 24.2 Å². The molecule has 3 nitrogen and oxygen atoms in total. The van der Waals surface area contributed by atoms with Gasteiger partial charge in [0.2, 0.25) is 0 Å². The number of fused-ring (bicyclic) bond motifs is 1. The summed E-state index contributed by atoms with van der Waals surface area (Å²) in [4.78, 5) is 0. The molecule has 0 aliphatic rings. The molecule has 0 amide bonds. The van der Waals surface area contributed by atoms with E-state index in [-0.39, 0.29) is 0 Å². The molecule has 0 fully saturated rings. The Hall–Kier alpha value is -1.35. The molecule has 0 unspecified atom stereocenters. The number of hydrogen-bond acceptors (Lipinski definition) is 2. The number of methoxy groups -OCH3 is 1. The minimum Gasteiger partial charge on any atom is -0.380 e. The molecule has 0 bridgehead atoms. The Balaban J connectivity index is 2.50. The van der Waals surface area contributed by atoms with E-state index in [1.165, 1.54) is 5.56 Å². The van der Waals surface area contributed by atoms with Crippen LogP contribution in [0.25, 0.3) is 5.52 Å². The van der Waals surface area contributed by atoms with Crippen molar-refractivity contribution in [3.8, 4) is 0 Å². The fraction of sp³-hybridized carbons (Fsp3) is 0.300. The number of rotatable bonds is 2. The third-order valence-corrected chi connectivity index (χ3v) is 2.08. The van der Waals surface area contributed by atoms with Crippen molar-refractivity contribution in [3.63, 3.8) is 0 Å². The van der Waals surface area contributed by atoms with Crippen LogP contribution >= 0.6 is 0 Å². The van der Waals surface area contributed by atoms with E-state index in [1.54, 1.807) is 7.11 Å². The van der Waals surface area contributed by atoms with Crippen molar-refractivity contribution in [2.24, 2.45) is 0 Å². The summed E-state index contributed by atoms with van der Waals surface area (Å²) in [6.45, 7) is 2.69. The summed E-state index contributed by atoms with van der Waals surface area (Å²) in [6, 6.07) is 4.13. The maximum atomic E-state index is 5.04. The van der Waals surface area contributed by atoms with Gasteiger partial charge < -0.3 is 4.74 Å². The molecule has 0 spiro atoms. The summed E-state index contributed by atoms with van der Waals surface area (Å²) in [6.07, 6.45) is 3.86. The van der Waals surface area contributed by atoms with E-state index in [0.717, 1.165) is 11.1 Å². The Labute approximate surface area is 76.9 Å². The number of aryl methyl sites for hydroxylation is 1. The summed E-state index contributed by atoms with van der Waals surface area (Å²) in [5.41, 5.74) is 3.49. The Morgan fingerprint density at radius 3 is 3.08 bits per heavy atom. The van der Waals surface area contributed by atoms with Gasteiger partial charge in [-0.05, 0) is 24.1 Å². The summed E-state index contributed by atoms with van der Waals surface area (Å²) in [5.74, 6) is 0. The summed E-state index contributed by atoms with van der Waals surface area (Å²) in [7, 11) is 1.69. The largest absolute Gasteiger partial charge is 0.380 e. The molecule has 13 heavy (non-hydrogen) atoms. The lowest BCUT2D eigenvalue weighted by Crippen LogP contribution is -1.92. The highest BCUT2D eigenvalue weighted by Gasteiger charge is 1.99. The molecule has 0 aliphatic carbocycles. The van der Waals surface area contributed by atoms with Crippen LogP contribution in [0.15, 0.2) is 24.5 Å². The van der Waals surface area contributed by atoms with Crippen molar-refractivity contribution < 1.29 is 4.74 Å². The van der Waals surface area contributed by atoms with Gasteiger partial charge in [-0.15, -0.1) is 0 Å². The first kappa shape index (κ1) is 8.26. The fourth-order valence-corrected chi connectivity index (χ4v) is 1.41. The zero-order valence-electron chi connectivity index (χ0n) is 7.82. The van der Waals surface area contributed by atoms with Crippen molar-refractivity contribution in [2.75, 3.05) is 7.11 Å². The second kappa shape index (κ2) is 3.18. The molecule has 0 aliphatic heterocycles. The quantitative estimate of drug-likeness (QED) is 0.697. The third kappa shape index (κ3) is 1.42. The summed E-state index contributed by atoms with van der Waals surface area (Å²) in [5, 5.41) is 4.22. The van der Waals surface area contributed by atoms with Gasteiger partial charge in [-0.3, -0.25) is 0 Å². The SMILES string of the molecule is COCc1ccc2c(C)cnn2c1. The average Bonchev–Trinajstić information content (AvgIpc) is 2.48. The second-order valence-corrected chi connectivity index (χ2v) is 3.13. The molecule has 0 aromatic carbocycles. The van der Waals surface area contributed by atoms with E-state index in [0.29, 0.717) is 6.61 Å². The van der Waals surface area contributed by atoms with Crippen LogP contribution in [-0.4, -0.2) is 16.7 Å². The number of hydrogen-bond donors (Lipinski definition) is 0. The fourth-order valence-electron chi connectivity index (χ4n) is 1.41. The third-order valence-electron chi connectivity index (χ3n) is 2.08. The van der Waals surface area contributed by atoms with Crippen LogP contribution in [0.3, 0.4) is 0 Å². The van der Waals surface area contributed by atoms with E-state index in [4.69, 9.17) is 4.74 Å². The van der Waals surface area contributed by atoms with Gasteiger partial charge in [-0.25, -0.2) is 4.52 Å². The minimum absolute atomic E-state index is 0.634. The lowest BCUT2D eigenvalue weighted by molar-refractivity contribution is 0.184. The normalized spacial score (nSPS) is 10.9. The highest BCUT2D eigenvalue weighted by atomic mass is 16.5. The van der Waals surface area contributed by atoms with E-state index < -0.39 is 0 Å². The van der Waals surface area contributed by atoms with Gasteiger partial charge in [0.1, 0.15) is 0 Å². The first-order valence-electron chi connectivity index (χ1n) is 4.23. The van der Waals surface area contributed by atoms with Crippen molar-refractivity contribution in [1.29, 1.82) is 0 Å².